The molecule has 0 aliphatic rings. The molecule has 0 aliphatic carbocycles. The minimum Gasteiger partial charge on any atom is -0.466 e. The first-order valence-electron chi connectivity index (χ1n) is 8.55. The smallest absolute Gasteiger partial charge is 0.427 e. The Bertz CT molecular complexity index is 671. The largest absolute Gasteiger partial charge is 0.466 e. The standard InChI is InChI=1S/C17H28N4O6/c1-9-25-12(22)10-11-18-13(20(8)19-11)21(14(23)26-16(2,3)4)15(24)27-17(5,6)7/h9-10H2,1-8H3. The summed E-state index contributed by atoms with van der Waals surface area (Å²) in [7, 11) is 1.48. The van der Waals surface area contributed by atoms with E-state index in [1.807, 2.05) is 0 Å². The van der Waals surface area contributed by atoms with Crippen molar-refractivity contribution in [2.75, 3.05) is 11.5 Å². The predicted molar refractivity (Wildman–Crippen MR) is 96.3 cm³/mol. The van der Waals surface area contributed by atoms with Gasteiger partial charge in [0.15, 0.2) is 5.82 Å². The third kappa shape index (κ3) is 7.24. The Morgan fingerprint density at radius 2 is 1.48 bits per heavy atom. The summed E-state index contributed by atoms with van der Waals surface area (Å²) >= 11 is 0. The summed E-state index contributed by atoms with van der Waals surface area (Å²) < 4.78 is 16.6. The van der Waals surface area contributed by atoms with Crippen LogP contribution in [0.25, 0.3) is 0 Å². The number of imide groups is 1. The molecule has 10 heteroatoms. The number of ether oxygens (including phenoxy) is 3. The molecule has 0 aromatic carbocycles. The SMILES string of the molecule is CCOC(=O)Cc1nc(N(C(=O)OC(C)(C)C)C(=O)OC(C)(C)C)n(C)n1. The molecular formula is C17H28N4O6. The van der Waals surface area contributed by atoms with E-state index in [9.17, 15) is 14.4 Å². The van der Waals surface area contributed by atoms with Crippen molar-refractivity contribution in [3.05, 3.63) is 5.82 Å². The van der Waals surface area contributed by atoms with Crippen LogP contribution in [-0.4, -0.2) is 50.7 Å². The zero-order valence-electron chi connectivity index (χ0n) is 17.2. The van der Waals surface area contributed by atoms with Gasteiger partial charge in [0.1, 0.15) is 17.6 Å². The zero-order valence-corrected chi connectivity index (χ0v) is 17.2. The molecule has 0 fully saturated rings. The second-order valence-electron chi connectivity index (χ2n) is 7.73. The number of aromatic nitrogens is 3. The topological polar surface area (TPSA) is 113 Å². The Kier molecular flexibility index (Phi) is 6.93. The van der Waals surface area contributed by atoms with E-state index in [0.717, 1.165) is 0 Å². The van der Waals surface area contributed by atoms with Crippen molar-refractivity contribution in [1.29, 1.82) is 0 Å². The number of carbonyl (C=O) groups is 3. The van der Waals surface area contributed by atoms with Gasteiger partial charge in [0.05, 0.1) is 6.61 Å². The number of hydrogen-bond acceptors (Lipinski definition) is 8. The second-order valence-corrected chi connectivity index (χ2v) is 7.73. The maximum atomic E-state index is 12.6. The maximum absolute atomic E-state index is 12.6. The Balaban J connectivity index is 3.22. The van der Waals surface area contributed by atoms with E-state index in [1.165, 1.54) is 11.7 Å². The van der Waals surface area contributed by atoms with Crippen molar-refractivity contribution in [3.63, 3.8) is 0 Å². The van der Waals surface area contributed by atoms with Crippen molar-refractivity contribution >= 4 is 24.1 Å². The number of rotatable bonds is 4. The van der Waals surface area contributed by atoms with Crippen molar-refractivity contribution in [2.45, 2.75) is 66.1 Å². The number of aryl methyl sites for hydroxylation is 1. The van der Waals surface area contributed by atoms with E-state index < -0.39 is 29.4 Å². The van der Waals surface area contributed by atoms with Crippen LogP contribution in [0.15, 0.2) is 0 Å². The lowest BCUT2D eigenvalue weighted by molar-refractivity contribution is -0.142. The lowest BCUT2D eigenvalue weighted by Crippen LogP contribution is -2.45. The summed E-state index contributed by atoms with van der Waals surface area (Å²) in [6.07, 6.45) is -2.12. The molecule has 0 unspecified atom stereocenters. The monoisotopic (exact) mass is 384 g/mol. The third-order valence-corrected chi connectivity index (χ3v) is 2.74. The van der Waals surface area contributed by atoms with Crippen LogP contribution in [0.4, 0.5) is 15.5 Å². The molecule has 0 saturated heterocycles. The molecule has 0 bridgehead atoms. The highest BCUT2D eigenvalue weighted by Gasteiger charge is 2.36. The summed E-state index contributed by atoms with van der Waals surface area (Å²) in [4.78, 5) is 41.6. The molecule has 0 N–H and O–H groups in total. The van der Waals surface area contributed by atoms with Crippen LogP contribution in [-0.2, 0) is 32.5 Å². The van der Waals surface area contributed by atoms with Crippen molar-refractivity contribution < 1.29 is 28.6 Å². The van der Waals surface area contributed by atoms with Gasteiger partial charge in [-0.3, -0.25) is 4.79 Å². The average molecular weight is 384 g/mol. The van der Waals surface area contributed by atoms with Crippen LogP contribution in [0.1, 0.15) is 54.3 Å². The highest BCUT2D eigenvalue weighted by molar-refractivity contribution is 6.08. The normalized spacial score (nSPS) is 11.7. The number of carbonyl (C=O) groups excluding carboxylic acids is 3. The summed E-state index contributed by atoms with van der Waals surface area (Å²) in [5, 5.41) is 4.06. The first kappa shape index (κ1) is 22.4. The third-order valence-electron chi connectivity index (χ3n) is 2.74. The van der Waals surface area contributed by atoms with Gasteiger partial charge in [-0.2, -0.15) is 10.1 Å². The van der Waals surface area contributed by atoms with Crippen molar-refractivity contribution in [2.24, 2.45) is 7.05 Å². The highest BCUT2D eigenvalue weighted by atomic mass is 16.6. The fraction of sp³-hybridized carbons (Fsp3) is 0.706. The lowest BCUT2D eigenvalue weighted by atomic mass is 10.2. The van der Waals surface area contributed by atoms with Crippen molar-refractivity contribution in [1.82, 2.24) is 14.8 Å². The first-order chi connectivity index (χ1) is 12.2. The molecule has 0 saturated carbocycles. The highest BCUT2D eigenvalue weighted by Crippen LogP contribution is 2.20. The van der Waals surface area contributed by atoms with Gasteiger partial charge in [-0.25, -0.2) is 14.3 Å². The molecular weight excluding hydrogens is 356 g/mol. The summed E-state index contributed by atoms with van der Waals surface area (Å²) in [5.74, 6) is -0.545. The molecule has 1 rings (SSSR count). The van der Waals surface area contributed by atoms with Crippen LogP contribution >= 0.6 is 0 Å². The minimum absolute atomic E-state index is 0.100. The fourth-order valence-corrected chi connectivity index (χ4v) is 1.89. The number of amides is 2. The van der Waals surface area contributed by atoms with Crippen LogP contribution in [0, 0.1) is 0 Å². The Hall–Kier alpha value is -2.65. The van der Waals surface area contributed by atoms with E-state index in [4.69, 9.17) is 14.2 Å². The molecule has 1 aromatic rings. The predicted octanol–water partition coefficient (Wildman–Crippen LogP) is 2.60. The summed E-state index contributed by atoms with van der Waals surface area (Å²) in [6.45, 7) is 11.9. The summed E-state index contributed by atoms with van der Waals surface area (Å²) in [6, 6.07) is 0. The molecule has 0 radical (unpaired) electrons. The maximum Gasteiger partial charge on any atom is 0.427 e. The van der Waals surface area contributed by atoms with Gasteiger partial charge >= 0.3 is 18.2 Å². The van der Waals surface area contributed by atoms with Crippen molar-refractivity contribution in [3.8, 4) is 0 Å². The molecule has 152 valence electrons. The minimum atomic E-state index is -0.963. The molecule has 1 aromatic heterocycles. The Morgan fingerprint density at radius 1 is 1.00 bits per heavy atom. The first-order valence-corrected chi connectivity index (χ1v) is 8.55. The van der Waals surface area contributed by atoms with Gasteiger partial charge < -0.3 is 14.2 Å². The molecule has 0 spiro atoms. The van der Waals surface area contributed by atoms with Gasteiger partial charge in [0, 0.05) is 7.05 Å². The number of anilines is 1. The number of esters is 1. The molecule has 2 amide bonds. The number of nitrogens with zero attached hydrogens (tertiary/aromatic N) is 4. The average Bonchev–Trinajstić information content (AvgIpc) is 2.75. The quantitative estimate of drug-likeness (QED) is 0.575. The molecule has 0 aliphatic heterocycles. The van der Waals surface area contributed by atoms with Gasteiger partial charge in [0.25, 0.3) is 0 Å². The van der Waals surface area contributed by atoms with E-state index in [2.05, 4.69) is 10.1 Å². The van der Waals surface area contributed by atoms with Crippen LogP contribution in [0.2, 0.25) is 0 Å². The molecule has 0 atom stereocenters. The Labute approximate surface area is 158 Å². The van der Waals surface area contributed by atoms with E-state index >= 15 is 0 Å². The molecule has 27 heavy (non-hydrogen) atoms. The fourth-order valence-electron chi connectivity index (χ4n) is 1.89. The van der Waals surface area contributed by atoms with Crippen LogP contribution < -0.4 is 4.90 Å². The second kappa shape index (κ2) is 8.36. The van der Waals surface area contributed by atoms with E-state index in [1.54, 1.807) is 48.5 Å². The number of hydrogen-bond donors (Lipinski definition) is 0. The van der Waals surface area contributed by atoms with Crippen LogP contribution in [0.3, 0.4) is 0 Å². The van der Waals surface area contributed by atoms with Gasteiger partial charge in [-0.15, -0.1) is 4.90 Å². The lowest BCUT2D eigenvalue weighted by Gasteiger charge is -2.27. The van der Waals surface area contributed by atoms with E-state index in [0.29, 0.717) is 4.90 Å². The van der Waals surface area contributed by atoms with Gasteiger partial charge in [0.2, 0.25) is 5.95 Å². The molecule has 1 heterocycles. The van der Waals surface area contributed by atoms with E-state index in [-0.39, 0.29) is 24.8 Å². The van der Waals surface area contributed by atoms with Gasteiger partial charge in [-0.05, 0) is 48.5 Å². The molecule has 10 nitrogen and oxygen atoms in total. The summed E-state index contributed by atoms with van der Waals surface area (Å²) in [5.41, 5.74) is -1.69. The van der Waals surface area contributed by atoms with Crippen LogP contribution in [0.5, 0.6) is 0 Å². The zero-order chi connectivity index (χ0) is 21.0. The van der Waals surface area contributed by atoms with Gasteiger partial charge in [-0.1, -0.05) is 0 Å². The Morgan fingerprint density at radius 3 is 1.89 bits per heavy atom.